The second kappa shape index (κ2) is 21.2. The van der Waals surface area contributed by atoms with Crippen molar-refractivity contribution in [2.24, 2.45) is 0 Å². The van der Waals surface area contributed by atoms with E-state index in [0.717, 1.165) is 30.0 Å². The number of amides is 3. The highest BCUT2D eigenvalue weighted by atomic mass is 35.5. The lowest BCUT2D eigenvalue weighted by molar-refractivity contribution is -0.396. The third kappa shape index (κ3) is 14.4. The Morgan fingerprint density at radius 3 is 2.19 bits per heavy atom. The highest BCUT2D eigenvalue weighted by molar-refractivity contribution is 7.99. The summed E-state index contributed by atoms with van der Waals surface area (Å²) in [6, 6.07) is 8.88. The highest BCUT2D eigenvalue weighted by Gasteiger charge is 2.28. The molecular formula is C28H31Cl2N5O12S. The number of carbonyl (C=O) groups excluding carboxylic acids is 5. The van der Waals surface area contributed by atoms with Crippen molar-refractivity contribution in [3.63, 3.8) is 0 Å². The molecule has 260 valence electrons. The second-order valence-electron chi connectivity index (χ2n) is 9.38. The number of rotatable bonds is 20. The molecule has 0 spiro atoms. The Bertz CT molecular complexity index is 1450. The molecule has 0 aromatic heterocycles. The van der Waals surface area contributed by atoms with Crippen LogP contribution in [0.25, 0.3) is 0 Å². The van der Waals surface area contributed by atoms with Crippen LogP contribution in [-0.2, 0) is 40.0 Å². The van der Waals surface area contributed by atoms with Gasteiger partial charge in [0.25, 0.3) is 11.4 Å². The highest BCUT2D eigenvalue weighted by Crippen LogP contribution is 2.32. The summed E-state index contributed by atoms with van der Waals surface area (Å²) in [7, 11) is 0. The molecule has 0 saturated heterocycles. The van der Waals surface area contributed by atoms with Crippen molar-refractivity contribution in [3.05, 3.63) is 74.3 Å². The zero-order valence-corrected chi connectivity index (χ0v) is 27.4. The third-order valence-electron chi connectivity index (χ3n) is 5.93. The number of nitro benzene ring substituents is 2. The van der Waals surface area contributed by atoms with Gasteiger partial charge >= 0.3 is 18.0 Å². The van der Waals surface area contributed by atoms with Crippen LogP contribution in [0.15, 0.2) is 53.4 Å². The molecule has 2 unspecified atom stereocenters. The number of halogens is 2. The number of nitrogens with one attached hydrogen (secondary N) is 3. The summed E-state index contributed by atoms with van der Waals surface area (Å²) in [4.78, 5) is 83.8. The molecule has 2 atom stereocenters. The fraction of sp³-hybridized carbons (Fsp3) is 0.393. The molecule has 48 heavy (non-hydrogen) atoms. The molecule has 20 heteroatoms. The molecule has 0 radical (unpaired) electrons. The maximum Gasteiger partial charge on any atom is 0.408 e. The Morgan fingerprint density at radius 1 is 0.854 bits per heavy atom. The number of nitrogens with zero attached hydrogens (tertiary/aromatic N) is 2. The summed E-state index contributed by atoms with van der Waals surface area (Å²) < 4.78 is 14.9. The quantitative estimate of drug-likeness (QED) is 0.0444. The molecule has 0 aliphatic rings. The van der Waals surface area contributed by atoms with E-state index in [4.69, 9.17) is 37.4 Å². The van der Waals surface area contributed by atoms with E-state index >= 15 is 0 Å². The van der Waals surface area contributed by atoms with Gasteiger partial charge in [-0.1, -0.05) is 30.3 Å². The average molecular weight is 733 g/mol. The lowest BCUT2D eigenvalue weighted by Crippen LogP contribution is -2.50. The smallest absolute Gasteiger partial charge is 0.408 e. The van der Waals surface area contributed by atoms with E-state index in [2.05, 4.69) is 16.0 Å². The number of hydrogen-bond donors (Lipinski definition) is 3. The lowest BCUT2D eigenvalue weighted by atomic mass is 10.1. The number of non-ortho nitro benzene ring substituents is 1. The van der Waals surface area contributed by atoms with Gasteiger partial charge in [-0.3, -0.25) is 34.6 Å². The van der Waals surface area contributed by atoms with Crippen LogP contribution in [0.3, 0.4) is 0 Å². The van der Waals surface area contributed by atoms with Crippen LogP contribution in [0.5, 0.6) is 0 Å². The van der Waals surface area contributed by atoms with Crippen LogP contribution in [0.1, 0.15) is 18.4 Å². The fourth-order valence-electron chi connectivity index (χ4n) is 3.66. The number of alkyl halides is 2. The summed E-state index contributed by atoms with van der Waals surface area (Å²) in [5, 5.41) is 29.7. The van der Waals surface area contributed by atoms with E-state index in [-0.39, 0.29) is 48.6 Å². The Morgan fingerprint density at radius 2 is 1.54 bits per heavy atom. The summed E-state index contributed by atoms with van der Waals surface area (Å²) in [5.74, 6) is -3.71. The van der Waals surface area contributed by atoms with E-state index in [1.54, 1.807) is 30.3 Å². The lowest BCUT2D eigenvalue weighted by Gasteiger charge is -2.20. The monoisotopic (exact) mass is 731 g/mol. The van der Waals surface area contributed by atoms with Crippen LogP contribution in [0.4, 0.5) is 16.2 Å². The normalized spacial score (nSPS) is 11.7. The fourth-order valence-corrected chi connectivity index (χ4v) is 4.84. The Labute approximate surface area is 287 Å². The number of thioether (sulfide) groups is 1. The van der Waals surface area contributed by atoms with Crippen LogP contribution >= 0.6 is 35.0 Å². The van der Waals surface area contributed by atoms with Crippen LogP contribution in [0, 0.1) is 20.2 Å². The van der Waals surface area contributed by atoms with Crippen molar-refractivity contribution in [1.82, 2.24) is 16.0 Å². The van der Waals surface area contributed by atoms with Gasteiger partial charge in [-0.05, 0) is 18.1 Å². The molecule has 0 aliphatic heterocycles. The Kier molecular flexibility index (Phi) is 17.5. The molecule has 0 saturated carbocycles. The van der Waals surface area contributed by atoms with Gasteiger partial charge in [0.2, 0.25) is 11.8 Å². The van der Waals surface area contributed by atoms with Gasteiger partial charge < -0.3 is 30.2 Å². The van der Waals surface area contributed by atoms with Crippen LogP contribution in [0.2, 0.25) is 0 Å². The first kappa shape index (κ1) is 39.5. The van der Waals surface area contributed by atoms with Crippen molar-refractivity contribution in [1.29, 1.82) is 0 Å². The molecule has 0 fully saturated rings. The number of hydrogen-bond acceptors (Lipinski definition) is 13. The molecule has 2 aromatic rings. The minimum absolute atomic E-state index is 0.0169. The van der Waals surface area contributed by atoms with Crippen molar-refractivity contribution in [3.8, 4) is 0 Å². The van der Waals surface area contributed by atoms with E-state index in [9.17, 15) is 44.2 Å². The van der Waals surface area contributed by atoms with Gasteiger partial charge in [0.05, 0.1) is 32.6 Å². The predicted molar refractivity (Wildman–Crippen MR) is 172 cm³/mol. The van der Waals surface area contributed by atoms with Gasteiger partial charge in [-0.15, -0.1) is 35.0 Å². The zero-order chi connectivity index (χ0) is 35.5. The zero-order valence-electron chi connectivity index (χ0n) is 25.1. The molecular weight excluding hydrogens is 701 g/mol. The van der Waals surface area contributed by atoms with E-state index in [0.29, 0.717) is 5.56 Å². The van der Waals surface area contributed by atoms with E-state index in [1.165, 1.54) is 0 Å². The van der Waals surface area contributed by atoms with Crippen molar-refractivity contribution >= 4 is 76.2 Å². The topological polar surface area (TPSA) is 235 Å². The van der Waals surface area contributed by atoms with Crippen LogP contribution in [-0.4, -0.2) is 89.0 Å². The molecule has 2 rings (SSSR count). The first-order valence-corrected chi connectivity index (χ1v) is 16.0. The average Bonchev–Trinajstić information content (AvgIpc) is 3.07. The molecule has 2 aromatic carbocycles. The first-order chi connectivity index (χ1) is 22.9. The molecule has 17 nitrogen and oxygen atoms in total. The summed E-state index contributed by atoms with van der Waals surface area (Å²) in [6.45, 7) is -0.977. The van der Waals surface area contributed by atoms with E-state index < -0.39 is 76.1 Å². The molecule has 0 bridgehead atoms. The Hall–Kier alpha value is -4.68. The maximum absolute atomic E-state index is 13.0. The second-order valence-corrected chi connectivity index (χ2v) is 11.2. The number of esters is 2. The van der Waals surface area contributed by atoms with Gasteiger partial charge in [0.1, 0.15) is 38.4 Å². The molecule has 0 heterocycles. The number of nitro groups is 2. The molecule has 3 amide bonds. The minimum atomic E-state index is -1.40. The number of benzene rings is 2. The predicted octanol–water partition coefficient (Wildman–Crippen LogP) is 2.84. The van der Waals surface area contributed by atoms with Gasteiger partial charge in [0, 0.05) is 18.2 Å². The standard InChI is InChI=1S/C28H31Cl2N5O12S/c29-10-12-45-25(37)15-31-26(38)21(17-48-23-8-6-19(34(41)42)14-22(23)35(43)44)32-24(36)9-7-20(27(39)46-13-11-30)33-28(40)47-16-18-4-2-1-3-5-18/h1-6,8,14,20-21H,7,9-13,15-17H2,(H,31,38)(H,32,36)(H,33,40). The van der Waals surface area contributed by atoms with Gasteiger partial charge in [-0.2, -0.15) is 0 Å². The van der Waals surface area contributed by atoms with Crippen LogP contribution < -0.4 is 16.0 Å². The largest absolute Gasteiger partial charge is 0.463 e. The van der Waals surface area contributed by atoms with Crippen molar-refractivity contribution in [2.45, 2.75) is 36.4 Å². The first-order valence-electron chi connectivity index (χ1n) is 14.0. The van der Waals surface area contributed by atoms with Crippen molar-refractivity contribution < 1.29 is 48.0 Å². The van der Waals surface area contributed by atoms with Gasteiger partial charge in [-0.25, -0.2) is 9.59 Å². The Balaban J connectivity index is 2.14. The third-order valence-corrected chi connectivity index (χ3v) is 7.39. The summed E-state index contributed by atoms with van der Waals surface area (Å²) in [6.07, 6.45) is -1.69. The van der Waals surface area contributed by atoms with Gasteiger partial charge in [0.15, 0.2) is 0 Å². The van der Waals surface area contributed by atoms with Crippen molar-refractivity contribution in [2.75, 3.05) is 37.3 Å². The number of alkyl carbamates (subject to hydrolysis) is 1. The minimum Gasteiger partial charge on any atom is -0.463 e. The summed E-state index contributed by atoms with van der Waals surface area (Å²) in [5.41, 5.74) is -0.449. The summed E-state index contributed by atoms with van der Waals surface area (Å²) >= 11 is 11.8. The maximum atomic E-state index is 13.0. The number of ether oxygens (including phenoxy) is 3. The SMILES string of the molecule is O=C(CCC(NC(=O)OCc1ccccc1)C(=O)OCCCl)NC(CSc1ccc([N+](=O)[O-])cc1[N+](=O)[O-])C(=O)NCC(=O)OCCCl. The number of carbonyl (C=O) groups is 5. The molecule has 3 N–H and O–H groups in total. The van der Waals surface area contributed by atoms with E-state index in [1.807, 2.05) is 0 Å². The molecule has 0 aliphatic carbocycles.